The summed E-state index contributed by atoms with van der Waals surface area (Å²) in [7, 11) is 0. The summed E-state index contributed by atoms with van der Waals surface area (Å²) in [4.78, 5) is 0. The van der Waals surface area contributed by atoms with Gasteiger partial charge in [0.15, 0.2) is 0 Å². The van der Waals surface area contributed by atoms with Crippen LogP contribution in [0.25, 0.3) is 66.1 Å². The summed E-state index contributed by atoms with van der Waals surface area (Å²) in [5.74, 6) is 0. The van der Waals surface area contributed by atoms with Crippen LogP contribution in [0.3, 0.4) is 0 Å². The molecule has 0 radical (unpaired) electrons. The van der Waals surface area contributed by atoms with Gasteiger partial charge in [0.2, 0.25) is 0 Å². The lowest BCUT2D eigenvalue weighted by molar-refractivity contribution is 1.18. The van der Waals surface area contributed by atoms with Gasteiger partial charge in [0.1, 0.15) is 0 Å². The number of aromatic nitrogens is 2. The molecule has 3 heteroatoms. The van der Waals surface area contributed by atoms with E-state index in [-0.39, 0.29) is 0 Å². The van der Waals surface area contributed by atoms with Crippen LogP contribution < -0.4 is 0 Å². The number of nitrogens with zero attached hydrogens (tertiary/aromatic N) is 3. The minimum Gasteiger partial charge on any atom is -0.309 e. The molecule has 2 heterocycles. The number of rotatable bonds is 3. The van der Waals surface area contributed by atoms with E-state index >= 15 is 0 Å². The lowest BCUT2D eigenvalue weighted by Crippen LogP contribution is -1.96. The number of hydrogen-bond donors (Lipinski definition) is 0. The van der Waals surface area contributed by atoms with Gasteiger partial charge in [0, 0.05) is 38.5 Å². The molecule has 0 unspecified atom stereocenters. The van der Waals surface area contributed by atoms with Gasteiger partial charge in [-0.1, -0.05) is 84.9 Å². The van der Waals surface area contributed by atoms with Gasteiger partial charge in [-0.3, -0.25) is 0 Å². The fourth-order valence-electron chi connectivity index (χ4n) is 6.29. The lowest BCUT2D eigenvalue weighted by atomic mass is 9.97. The summed E-state index contributed by atoms with van der Waals surface area (Å²) in [6, 6.07) is 51.3. The highest BCUT2D eigenvalue weighted by Crippen LogP contribution is 2.43. The van der Waals surface area contributed by atoms with Crippen molar-refractivity contribution in [3.63, 3.8) is 0 Å². The van der Waals surface area contributed by atoms with Crippen molar-refractivity contribution in [3.05, 3.63) is 145 Å². The van der Waals surface area contributed by atoms with Crippen molar-refractivity contribution in [2.75, 3.05) is 0 Å². The standard InChI is InChI=1S/C37H23N3/c38-24-25-20-22-27(23-21-25)39-34-18-7-5-13-32(34)36-29(14-9-19-35(36)39)31-16-8-15-30-28-12-4-6-17-33(28)40(37(30)31)26-10-2-1-3-11-26/h1-23H. The highest BCUT2D eigenvalue weighted by Gasteiger charge is 2.20. The van der Waals surface area contributed by atoms with Crippen molar-refractivity contribution >= 4 is 43.6 Å². The number of nitriles is 1. The van der Waals surface area contributed by atoms with Crippen LogP contribution in [0.15, 0.2) is 140 Å². The number of fused-ring (bicyclic) bond motifs is 6. The van der Waals surface area contributed by atoms with Gasteiger partial charge in [-0.2, -0.15) is 5.26 Å². The normalized spacial score (nSPS) is 11.5. The number of benzene rings is 6. The maximum absolute atomic E-state index is 9.35. The van der Waals surface area contributed by atoms with Crippen LogP contribution in [0.1, 0.15) is 5.56 Å². The first kappa shape index (κ1) is 22.4. The summed E-state index contributed by atoms with van der Waals surface area (Å²) in [5.41, 5.74) is 9.93. The van der Waals surface area contributed by atoms with Crippen molar-refractivity contribution in [2.24, 2.45) is 0 Å². The Labute approximate surface area is 231 Å². The Morgan fingerprint density at radius 1 is 0.425 bits per heavy atom. The minimum absolute atomic E-state index is 0.658. The summed E-state index contributed by atoms with van der Waals surface area (Å²) in [5, 5.41) is 14.3. The minimum atomic E-state index is 0.658. The van der Waals surface area contributed by atoms with E-state index in [1.165, 1.54) is 43.7 Å². The van der Waals surface area contributed by atoms with E-state index < -0.39 is 0 Å². The third-order valence-electron chi connectivity index (χ3n) is 7.95. The van der Waals surface area contributed by atoms with Crippen LogP contribution in [0, 0.1) is 11.3 Å². The maximum Gasteiger partial charge on any atom is 0.0991 e. The smallest absolute Gasteiger partial charge is 0.0991 e. The van der Waals surface area contributed by atoms with E-state index in [0.717, 1.165) is 22.4 Å². The molecule has 0 aliphatic rings. The van der Waals surface area contributed by atoms with E-state index in [1.54, 1.807) is 0 Å². The van der Waals surface area contributed by atoms with Crippen molar-refractivity contribution < 1.29 is 0 Å². The van der Waals surface area contributed by atoms with Crippen LogP contribution in [0.5, 0.6) is 0 Å². The van der Waals surface area contributed by atoms with Gasteiger partial charge in [-0.05, 0) is 60.2 Å². The van der Waals surface area contributed by atoms with Gasteiger partial charge < -0.3 is 9.13 Å². The van der Waals surface area contributed by atoms with Crippen molar-refractivity contribution in [1.29, 1.82) is 5.26 Å². The predicted molar refractivity (Wildman–Crippen MR) is 165 cm³/mol. The zero-order chi connectivity index (χ0) is 26.6. The summed E-state index contributed by atoms with van der Waals surface area (Å²) >= 11 is 0. The third-order valence-corrected chi connectivity index (χ3v) is 7.95. The van der Waals surface area contributed by atoms with Crippen molar-refractivity contribution in [1.82, 2.24) is 9.13 Å². The zero-order valence-electron chi connectivity index (χ0n) is 21.6. The fraction of sp³-hybridized carbons (Fsp3) is 0. The molecule has 0 aliphatic carbocycles. The molecule has 186 valence electrons. The Kier molecular flexibility index (Phi) is 4.89. The van der Waals surface area contributed by atoms with Gasteiger partial charge in [0.05, 0.1) is 33.7 Å². The first-order valence-corrected chi connectivity index (χ1v) is 13.4. The van der Waals surface area contributed by atoms with Gasteiger partial charge in [0.25, 0.3) is 0 Å². The highest BCUT2D eigenvalue weighted by molar-refractivity contribution is 6.20. The quantitative estimate of drug-likeness (QED) is 0.233. The molecule has 0 fully saturated rings. The van der Waals surface area contributed by atoms with Crippen molar-refractivity contribution in [2.45, 2.75) is 0 Å². The molecule has 0 aliphatic heterocycles. The molecule has 0 bridgehead atoms. The Morgan fingerprint density at radius 3 is 1.77 bits per heavy atom. The average molecular weight is 510 g/mol. The number of para-hydroxylation sites is 4. The molecule has 0 saturated carbocycles. The molecule has 40 heavy (non-hydrogen) atoms. The molecule has 3 nitrogen and oxygen atoms in total. The Morgan fingerprint density at radius 2 is 1.00 bits per heavy atom. The van der Waals surface area contributed by atoms with Gasteiger partial charge in [-0.25, -0.2) is 0 Å². The summed E-state index contributed by atoms with van der Waals surface area (Å²) < 4.78 is 4.71. The van der Waals surface area contributed by atoms with E-state index in [2.05, 4.69) is 130 Å². The van der Waals surface area contributed by atoms with E-state index in [4.69, 9.17) is 0 Å². The van der Waals surface area contributed by atoms with E-state index in [1.807, 2.05) is 24.3 Å². The highest BCUT2D eigenvalue weighted by atomic mass is 15.0. The molecule has 2 aromatic heterocycles. The second-order valence-electron chi connectivity index (χ2n) is 10.1. The fourth-order valence-corrected chi connectivity index (χ4v) is 6.29. The average Bonchev–Trinajstić information content (AvgIpc) is 3.55. The zero-order valence-corrected chi connectivity index (χ0v) is 21.6. The predicted octanol–water partition coefficient (Wildman–Crippen LogP) is 9.42. The topological polar surface area (TPSA) is 33.6 Å². The van der Waals surface area contributed by atoms with Crippen molar-refractivity contribution in [3.8, 4) is 28.6 Å². The van der Waals surface area contributed by atoms with Gasteiger partial charge >= 0.3 is 0 Å². The van der Waals surface area contributed by atoms with Crippen LogP contribution in [-0.2, 0) is 0 Å². The Balaban J connectivity index is 1.51. The number of hydrogen-bond acceptors (Lipinski definition) is 1. The van der Waals surface area contributed by atoms with Crippen LogP contribution in [-0.4, -0.2) is 9.13 Å². The molecule has 0 atom stereocenters. The molecule has 0 N–H and O–H groups in total. The molecule has 8 aromatic rings. The van der Waals surface area contributed by atoms with Gasteiger partial charge in [-0.15, -0.1) is 0 Å². The second kappa shape index (κ2) is 8.73. The lowest BCUT2D eigenvalue weighted by Gasteiger charge is -2.13. The monoisotopic (exact) mass is 509 g/mol. The molecule has 8 rings (SSSR count). The summed E-state index contributed by atoms with van der Waals surface area (Å²) in [6.45, 7) is 0. The SMILES string of the molecule is N#Cc1ccc(-n2c3ccccc3c3c(-c4cccc5c6ccccc6n(-c6ccccc6)c45)cccc32)cc1. The summed E-state index contributed by atoms with van der Waals surface area (Å²) in [6.07, 6.45) is 0. The van der Waals surface area contributed by atoms with E-state index in [0.29, 0.717) is 5.56 Å². The molecular formula is C37H23N3. The third kappa shape index (κ3) is 3.17. The second-order valence-corrected chi connectivity index (χ2v) is 10.1. The van der Waals surface area contributed by atoms with E-state index in [9.17, 15) is 5.26 Å². The maximum atomic E-state index is 9.35. The van der Waals surface area contributed by atoms with Crippen LogP contribution >= 0.6 is 0 Å². The molecule has 0 saturated heterocycles. The Bertz CT molecular complexity index is 2260. The van der Waals surface area contributed by atoms with Crippen LogP contribution in [0.2, 0.25) is 0 Å². The first-order chi connectivity index (χ1) is 19.8. The molecule has 6 aromatic carbocycles. The Hall–Kier alpha value is -5.59. The molecule has 0 amide bonds. The largest absolute Gasteiger partial charge is 0.309 e. The van der Waals surface area contributed by atoms with Crippen LogP contribution in [0.4, 0.5) is 0 Å². The first-order valence-electron chi connectivity index (χ1n) is 13.4. The molecule has 0 spiro atoms. The molecular weight excluding hydrogens is 486 g/mol.